The van der Waals surface area contributed by atoms with Crippen LogP contribution in [0.3, 0.4) is 0 Å². The topological polar surface area (TPSA) is 20.2 Å². The van der Waals surface area contributed by atoms with Crippen LogP contribution in [0.2, 0.25) is 0 Å². The van der Waals surface area contributed by atoms with Gasteiger partial charge in [0, 0.05) is 12.5 Å². The summed E-state index contributed by atoms with van der Waals surface area (Å²) in [6.45, 7) is 5.29. The monoisotopic (exact) mass is 245 g/mol. The fourth-order valence-corrected chi connectivity index (χ4v) is 1.66. The second-order valence-corrected chi connectivity index (χ2v) is 4.09. The lowest BCUT2D eigenvalue weighted by molar-refractivity contribution is -0.137. The molecule has 0 aliphatic heterocycles. The van der Waals surface area contributed by atoms with Gasteiger partial charge in [0.2, 0.25) is 0 Å². The summed E-state index contributed by atoms with van der Waals surface area (Å²) < 4.78 is 38.0. The number of aryl methyl sites for hydroxylation is 1. The van der Waals surface area contributed by atoms with Crippen LogP contribution in [0.4, 0.5) is 13.2 Å². The first-order valence-corrected chi connectivity index (χ1v) is 5.53. The van der Waals surface area contributed by atoms with Crippen LogP contribution in [0.15, 0.2) is 18.2 Å². The molecule has 0 saturated carbocycles. The van der Waals surface area contributed by atoms with Gasteiger partial charge in [-0.3, -0.25) is 0 Å². The van der Waals surface area contributed by atoms with Gasteiger partial charge in [-0.05, 0) is 36.6 Å². The summed E-state index contributed by atoms with van der Waals surface area (Å²) in [6, 6.07) is 3.91. The van der Waals surface area contributed by atoms with Crippen LogP contribution >= 0.6 is 0 Å². The number of benzene rings is 1. The molecular formula is C13H16F3O. The molecule has 0 aliphatic rings. The van der Waals surface area contributed by atoms with E-state index < -0.39 is 17.7 Å². The Morgan fingerprint density at radius 1 is 1.29 bits per heavy atom. The molecule has 1 N–H and O–H groups in total. The summed E-state index contributed by atoms with van der Waals surface area (Å²) in [7, 11) is 0. The highest BCUT2D eigenvalue weighted by Crippen LogP contribution is 2.32. The van der Waals surface area contributed by atoms with E-state index in [1.165, 1.54) is 0 Å². The third-order valence-corrected chi connectivity index (χ3v) is 2.57. The van der Waals surface area contributed by atoms with E-state index in [2.05, 4.69) is 6.92 Å². The van der Waals surface area contributed by atoms with Gasteiger partial charge in [-0.1, -0.05) is 19.4 Å². The minimum absolute atomic E-state index is 0.257. The number of hydrogen-bond donors (Lipinski definition) is 1. The zero-order valence-corrected chi connectivity index (χ0v) is 9.72. The van der Waals surface area contributed by atoms with Gasteiger partial charge in [-0.25, -0.2) is 0 Å². The normalized spacial score (nSPS) is 13.8. The van der Waals surface area contributed by atoms with Gasteiger partial charge in [0.25, 0.3) is 0 Å². The van der Waals surface area contributed by atoms with Crippen molar-refractivity contribution in [3.05, 3.63) is 41.8 Å². The minimum Gasteiger partial charge on any atom is -0.396 e. The second kappa shape index (κ2) is 5.54. The number of rotatable bonds is 4. The fraction of sp³-hybridized carbons (Fsp3) is 0.462. The van der Waals surface area contributed by atoms with E-state index in [0.29, 0.717) is 17.5 Å². The molecular weight excluding hydrogens is 229 g/mol. The van der Waals surface area contributed by atoms with Crippen LogP contribution in [-0.2, 0) is 12.6 Å². The van der Waals surface area contributed by atoms with Crippen molar-refractivity contribution >= 4 is 0 Å². The highest BCUT2D eigenvalue weighted by atomic mass is 19.4. The Hall–Kier alpha value is -1.03. The lowest BCUT2D eigenvalue weighted by Crippen LogP contribution is -2.09. The van der Waals surface area contributed by atoms with Gasteiger partial charge in [0.15, 0.2) is 0 Å². The second-order valence-electron chi connectivity index (χ2n) is 4.09. The van der Waals surface area contributed by atoms with Crippen LogP contribution in [0, 0.1) is 6.92 Å². The molecule has 0 fully saturated rings. The molecule has 1 nitrogen and oxygen atoms in total. The molecule has 1 unspecified atom stereocenters. The minimum atomic E-state index is -4.35. The molecule has 0 spiro atoms. The number of aliphatic hydroxyl groups is 1. The van der Waals surface area contributed by atoms with Crippen molar-refractivity contribution in [1.82, 2.24) is 0 Å². The van der Waals surface area contributed by atoms with Crippen LogP contribution < -0.4 is 0 Å². The van der Waals surface area contributed by atoms with E-state index in [9.17, 15) is 13.2 Å². The Bertz CT molecular complexity index is 371. The fourth-order valence-electron chi connectivity index (χ4n) is 1.66. The Morgan fingerprint density at radius 2 is 1.94 bits per heavy atom. The van der Waals surface area contributed by atoms with Gasteiger partial charge >= 0.3 is 6.18 Å². The van der Waals surface area contributed by atoms with Gasteiger partial charge in [0.1, 0.15) is 0 Å². The van der Waals surface area contributed by atoms with Crippen LogP contribution in [0.1, 0.15) is 36.0 Å². The molecule has 0 heterocycles. The molecule has 17 heavy (non-hydrogen) atoms. The Kier molecular flexibility index (Phi) is 4.57. The molecule has 0 aliphatic carbocycles. The van der Waals surface area contributed by atoms with E-state index >= 15 is 0 Å². The Labute approximate surface area is 99.3 Å². The largest absolute Gasteiger partial charge is 0.416 e. The lowest BCUT2D eigenvalue weighted by Gasteiger charge is -2.15. The van der Waals surface area contributed by atoms with Crippen molar-refractivity contribution in [3.63, 3.8) is 0 Å². The SMILES string of the molecule is [CH2]C(CO)c1cc(CCC)cc(C(F)(F)F)c1. The molecule has 1 atom stereocenters. The van der Waals surface area contributed by atoms with Crippen molar-refractivity contribution in [3.8, 4) is 0 Å². The summed E-state index contributed by atoms with van der Waals surface area (Å²) in [6.07, 6.45) is -2.98. The molecule has 1 aromatic rings. The Morgan fingerprint density at radius 3 is 2.41 bits per heavy atom. The van der Waals surface area contributed by atoms with Gasteiger partial charge in [-0.2, -0.15) is 13.2 Å². The third kappa shape index (κ3) is 3.73. The molecule has 0 aromatic heterocycles. The molecule has 0 amide bonds. The molecule has 1 aromatic carbocycles. The van der Waals surface area contributed by atoms with Crippen LogP contribution in [0.25, 0.3) is 0 Å². The molecule has 0 bridgehead atoms. The zero-order chi connectivity index (χ0) is 13.1. The van der Waals surface area contributed by atoms with Gasteiger partial charge in [0.05, 0.1) is 5.56 Å². The van der Waals surface area contributed by atoms with Crippen molar-refractivity contribution in [1.29, 1.82) is 0 Å². The summed E-state index contributed by atoms with van der Waals surface area (Å²) >= 11 is 0. The smallest absolute Gasteiger partial charge is 0.396 e. The maximum absolute atomic E-state index is 12.7. The molecule has 1 rings (SSSR count). The van der Waals surface area contributed by atoms with Crippen molar-refractivity contribution < 1.29 is 18.3 Å². The zero-order valence-electron chi connectivity index (χ0n) is 9.72. The van der Waals surface area contributed by atoms with Crippen LogP contribution in [0.5, 0.6) is 0 Å². The summed E-state index contributed by atoms with van der Waals surface area (Å²) in [5.41, 5.74) is 0.408. The van der Waals surface area contributed by atoms with E-state index in [4.69, 9.17) is 5.11 Å². The summed E-state index contributed by atoms with van der Waals surface area (Å²) in [5.74, 6) is -0.520. The first-order chi connectivity index (χ1) is 7.88. The van der Waals surface area contributed by atoms with Gasteiger partial charge < -0.3 is 5.11 Å². The highest BCUT2D eigenvalue weighted by molar-refractivity contribution is 5.34. The number of hydrogen-bond acceptors (Lipinski definition) is 1. The van der Waals surface area contributed by atoms with E-state index in [1.54, 1.807) is 6.07 Å². The maximum atomic E-state index is 12.7. The first-order valence-electron chi connectivity index (χ1n) is 5.53. The van der Waals surface area contributed by atoms with Crippen molar-refractivity contribution in [2.45, 2.75) is 31.9 Å². The van der Waals surface area contributed by atoms with Crippen molar-refractivity contribution in [2.75, 3.05) is 6.61 Å². The van der Waals surface area contributed by atoms with Crippen molar-refractivity contribution in [2.24, 2.45) is 0 Å². The van der Waals surface area contributed by atoms with Gasteiger partial charge in [-0.15, -0.1) is 0 Å². The Balaban J connectivity index is 3.18. The number of aliphatic hydroxyl groups excluding tert-OH is 1. The van der Waals surface area contributed by atoms with E-state index in [-0.39, 0.29) is 6.61 Å². The number of alkyl halides is 3. The highest BCUT2D eigenvalue weighted by Gasteiger charge is 2.31. The summed E-state index contributed by atoms with van der Waals surface area (Å²) in [4.78, 5) is 0. The average molecular weight is 245 g/mol. The summed E-state index contributed by atoms with van der Waals surface area (Å²) in [5, 5.41) is 8.96. The average Bonchev–Trinajstić information content (AvgIpc) is 2.27. The molecule has 0 saturated heterocycles. The predicted molar refractivity (Wildman–Crippen MR) is 60.6 cm³/mol. The van der Waals surface area contributed by atoms with E-state index in [0.717, 1.165) is 18.6 Å². The quantitative estimate of drug-likeness (QED) is 0.859. The molecule has 95 valence electrons. The third-order valence-electron chi connectivity index (χ3n) is 2.57. The number of halogens is 3. The molecule has 1 radical (unpaired) electrons. The van der Waals surface area contributed by atoms with Crippen LogP contribution in [-0.4, -0.2) is 11.7 Å². The standard InChI is InChI=1S/C13H16F3O/c1-3-4-10-5-11(9(2)8-17)7-12(6-10)13(14,15)16/h5-7,9,17H,2-4,8H2,1H3. The molecule has 4 heteroatoms. The predicted octanol–water partition coefficient (Wildman–Crippen LogP) is 3.57. The van der Waals surface area contributed by atoms with E-state index in [1.807, 2.05) is 6.92 Å². The maximum Gasteiger partial charge on any atom is 0.416 e. The lowest BCUT2D eigenvalue weighted by atomic mass is 9.95. The first kappa shape index (κ1) is 14.0.